The molecule has 0 saturated carbocycles. The molecule has 0 aliphatic carbocycles. The largest absolute Gasteiger partial charge is 0.387 e. The van der Waals surface area contributed by atoms with Crippen LogP contribution in [0.15, 0.2) is 12.2 Å². The monoisotopic (exact) mass is 688 g/mol. The van der Waals surface area contributed by atoms with Crippen LogP contribution in [0.4, 0.5) is 0 Å². The first kappa shape index (κ1) is 46.0. The highest BCUT2D eigenvalue weighted by Crippen LogP contribution is 2.16. The third-order valence-electron chi connectivity index (χ3n) is 9.32. The minimum atomic E-state index is -4.43. The minimum Gasteiger partial charge on any atom is -0.387 e. The zero-order chi connectivity index (χ0) is 34.9. The van der Waals surface area contributed by atoms with Gasteiger partial charge in [-0.05, 0) is 19.3 Å². The highest BCUT2D eigenvalue weighted by molar-refractivity contribution is 7.85. The van der Waals surface area contributed by atoms with Crippen LogP contribution < -0.4 is 5.32 Å². The molecule has 0 rings (SSSR count). The number of nitrogens with one attached hydrogen (secondary N) is 1. The number of unbranched alkanes of at least 4 members (excludes halogenated alkanes) is 27. The molecule has 0 saturated heterocycles. The summed E-state index contributed by atoms with van der Waals surface area (Å²) in [4.78, 5) is 12.5. The Bertz CT molecular complexity index is 818. The van der Waals surface area contributed by atoms with Crippen LogP contribution in [0, 0.1) is 0 Å². The smallest absolute Gasteiger partial charge is 0.267 e. The van der Waals surface area contributed by atoms with Crippen molar-refractivity contribution in [2.45, 2.75) is 225 Å². The Kier molecular flexibility index (Phi) is 32.8. The number of allylic oxidation sites excluding steroid dienone is 1. The number of rotatable bonds is 36. The van der Waals surface area contributed by atoms with Crippen molar-refractivity contribution in [1.82, 2.24) is 5.32 Å². The van der Waals surface area contributed by atoms with Gasteiger partial charge < -0.3 is 15.5 Å². The topological polar surface area (TPSA) is 124 Å². The Morgan fingerprint density at radius 2 is 0.915 bits per heavy atom. The Balaban J connectivity index is 3.92. The number of carbonyl (C=O) groups excluding carboxylic acids is 1. The third-order valence-corrected chi connectivity index (χ3v) is 10.1. The summed E-state index contributed by atoms with van der Waals surface area (Å²) in [6.45, 7) is 4.48. The molecule has 0 heterocycles. The molecule has 0 aromatic heterocycles. The van der Waals surface area contributed by atoms with E-state index >= 15 is 0 Å². The van der Waals surface area contributed by atoms with Gasteiger partial charge in [-0.15, -0.1) is 0 Å². The summed E-state index contributed by atoms with van der Waals surface area (Å²) in [6, 6.07) is -1.23. The van der Waals surface area contributed by atoms with Crippen molar-refractivity contribution in [3.05, 3.63) is 12.2 Å². The van der Waals surface area contributed by atoms with E-state index < -0.39 is 40.0 Å². The summed E-state index contributed by atoms with van der Waals surface area (Å²) in [6.07, 6.45) is 37.1. The molecule has 0 aliphatic heterocycles. The molecule has 0 radical (unpaired) electrons. The van der Waals surface area contributed by atoms with Crippen LogP contribution >= 0.6 is 0 Å². The maximum absolute atomic E-state index is 12.5. The van der Waals surface area contributed by atoms with Gasteiger partial charge in [0.2, 0.25) is 5.91 Å². The van der Waals surface area contributed by atoms with Gasteiger partial charge >= 0.3 is 0 Å². The lowest BCUT2D eigenvalue weighted by Crippen LogP contribution is -2.50. The Morgan fingerprint density at radius 1 is 0.574 bits per heavy atom. The summed E-state index contributed by atoms with van der Waals surface area (Å²) in [5.41, 5.74) is 0. The summed E-state index contributed by atoms with van der Waals surface area (Å²) in [5.74, 6) is -1.53. The molecule has 3 atom stereocenters. The number of aliphatic hydroxyl groups is 2. The van der Waals surface area contributed by atoms with Gasteiger partial charge in [0.1, 0.15) is 6.10 Å². The van der Waals surface area contributed by atoms with E-state index in [-0.39, 0.29) is 6.42 Å². The molecule has 8 heteroatoms. The van der Waals surface area contributed by atoms with E-state index in [1.165, 1.54) is 147 Å². The molecule has 0 spiro atoms. The van der Waals surface area contributed by atoms with Crippen molar-refractivity contribution in [3.8, 4) is 0 Å². The average Bonchev–Trinajstić information content (AvgIpc) is 3.03. The fourth-order valence-electron chi connectivity index (χ4n) is 6.22. The second-order valence-electron chi connectivity index (χ2n) is 14.1. The van der Waals surface area contributed by atoms with E-state index in [4.69, 9.17) is 0 Å². The highest BCUT2D eigenvalue weighted by Gasteiger charge is 2.27. The molecule has 7 nitrogen and oxygen atoms in total. The van der Waals surface area contributed by atoms with Crippen LogP contribution in [0.5, 0.6) is 0 Å². The van der Waals surface area contributed by atoms with Gasteiger partial charge in [-0.1, -0.05) is 199 Å². The molecule has 1 amide bonds. The predicted octanol–water partition coefficient (Wildman–Crippen LogP) is 10.4. The average molecular weight is 688 g/mol. The maximum Gasteiger partial charge on any atom is 0.267 e. The van der Waals surface area contributed by atoms with Crippen LogP contribution in [0.2, 0.25) is 0 Å². The summed E-state index contributed by atoms with van der Waals surface area (Å²) in [5, 5.41) is 23.3. The molecular weight excluding hydrogens is 610 g/mol. The molecule has 0 bridgehead atoms. The fraction of sp³-hybridized carbons (Fsp3) is 0.923. The second-order valence-corrected chi connectivity index (χ2v) is 15.6. The number of hydrogen-bond donors (Lipinski definition) is 4. The Hall–Kier alpha value is -0.960. The minimum absolute atomic E-state index is 0.285. The molecule has 0 fully saturated rings. The standard InChI is InChI=1S/C39H77NO6S/c1-3-5-7-9-11-13-15-16-17-18-19-20-21-22-23-24-26-28-30-32-34-38(42)39(43)40-36(35-47(44,45)46)37(41)33-31-29-27-25-14-12-10-8-6-4-2/h31,33,36-38,41-42H,3-30,32,34-35H2,1-2H3,(H,40,43)(H,44,45,46)/b33-31+. The summed E-state index contributed by atoms with van der Waals surface area (Å²) < 4.78 is 32.4. The molecule has 4 N–H and O–H groups in total. The van der Waals surface area contributed by atoms with E-state index in [1.54, 1.807) is 6.08 Å². The molecule has 3 unspecified atom stereocenters. The van der Waals surface area contributed by atoms with Gasteiger partial charge in [0.25, 0.3) is 10.1 Å². The van der Waals surface area contributed by atoms with E-state index in [2.05, 4.69) is 19.2 Å². The lowest BCUT2D eigenvalue weighted by molar-refractivity contribution is -0.130. The number of amides is 1. The molecule has 47 heavy (non-hydrogen) atoms. The van der Waals surface area contributed by atoms with Crippen molar-refractivity contribution >= 4 is 16.0 Å². The van der Waals surface area contributed by atoms with Gasteiger partial charge in [-0.25, -0.2) is 0 Å². The maximum atomic E-state index is 12.5. The lowest BCUT2D eigenvalue weighted by Gasteiger charge is -2.22. The first-order valence-corrected chi connectivity index (χ1v) is 21.6. The molecule has 0 aliphatic rings. The molecular formula is C39H77NO6S. The predicted molar refractivity (Wildman–Crippen MR) is 199 cm³/mol. The van der Waals surface area contributed by atoms with Crippen molar-refractivity contribution in [1.29, 1.82) is 0 Å². The van der Waals surface area contributed by atoms with E-state index in [0.717, 1.165) is 38.5 Å². The normalized spacial score (nSPS) is 14.1. The molecule has 0 aromatic rings. The van der Waals surface area contributed by atoms with Crippen LogP contribution in [-0.2, 0) is 14.9 Å². The third kappa shape index (κ3) is 33.3. The van der Waals surface area contributed by atoms with Gasteiger partial charge in [-0.2, -0.15) is 8.42 Å². The van der Waals surface area contributed by atoms with Crippen molar-refractivity contribution in [3.63, 3.8) is 0 Å². The van der Waals surface area contributed by atoms with E-state index in [9.17, 15) is 28.0 Å². The van der Waals surface area contributed by atoms with E-state index in [0.29, 0.717) is 6.42 Å². The summed E-state index contributed by atoms with van der Waals surface area (Å²) >= 11 is 0. The molecule has 280 valence electrons. The number of carbonyl (C=O) groups is 1. The van der Waals surface area contributed by atoms with Crippen molar-refractivity contribution in [2.75, 3.05) is 5.75 Å². The lowest BCUT2D eigenvalue weighted by atomic mass is 10.0. The van der Waals surface area contributed by atoms with Crippen LogP contribution in [0.3, 0.4) is 0 Å². The van der Waals surface area contributed by atoms with E-state index in [1.807, 2.05) is 0 Å². The van der Waals surface area contributed by atoms with Gasteiger partial charge in [0.15, 0.2) is 0 Å². The van der Waals surface area contributed by atoms with Crippen LogP contribution in [0.1, 0.15) is 206 Å². The quantitative estimate of drug-likeness (QED) is 0.0295. The van der Waals surface area contributed by atoms with Crippen molar-refractivity contribution < 1.29 is 28.0 Å². The van der Waals surface area contributed by atoms with Gasteiger partial charge in [0.05, 0.1) is 17.9 Å². The first-order valence-electron chi connectivity index (χ1n) is 20.0. The SMILES string of the molecule is CCCCCCCCCC/C=C/C(O)C(CS(=O)(=O)O)NC(=O)C(O)CCCCCCCCCCCCCCCCCCCCCC. The highest BCUT2D eigenvalue weighted by atomic mass is 32.2. The van der Waals surface area contributed by atoms with Crippen molar-refractivity contribution in [2.24, 2.45) is 0 Å². The van der Waals surface area contributed by atoms with Crippen LogP contribution in [-0.4, -0.2) is 53.1 Å². The number of hydrogen-bond acceptors (Lipinski definition) is 5. The Labute approximate surface area is 291 Å². The molecule has 0 aromatic carbocycles. The summed E-state index contributed by atoms with van der Waals surface area (Å²) in [7, 11) is -4.43. The fourth-order valence-corrected chi connectivity index (χ4v) is 6.96. The van der Waals surface area contributed by atoms with Gasteiger partial charge in [-0.3, -0.25) is 9.35 Å². The first-order chi connectivity index (χ1) is 22.7. The zero-order valence-corrected chi connectivity index (χ0v) is 31.6. The van der Waals surface area contributed by atoms with Crippen LogP contribution in [0.25, 0.3) is 0 Å². The Morgan fingerprint density at radius 3 is 1.28 bits per heavy atom. The van der Waals surface area contributed by atoms with Gasteiger partial charge in [0, 0.05) is 0 Å². The second kappa shape index (κ2) is 33.5. The number of aliphatic hydroxyl groups excluding tert-OH is 2. The zero-order valence-electron chi connectivity index (χ0n) is 30.8.